The Labute approximate surface area is 185 Å². The Morgan fingerprint density at radius 2 is 2.04 bits per heavy atom. The van der Waals surface area contributed by atoms with Crippen LogP contribution in [0.3, 0.4) is 0 Å². The third kappa shape index (κ3) is 6.51. The zero-order chi connectivity index (χ0) is 19.2. The van der Waals surface area contributed by atoms with Crippen LogP contribution in [0.15, 0.2) is 27.9 Å². The van der Waals surface area contributed by atoms with Crippen LogP contribution >= 0.6 is 24.0 Å². The molecule has 0 atom stereocenters. The van der Waals surface area contributed by atoms with Crippen molar-refractivity contribution in [1.82, 2.24) is 25.1 Å². The molecule has 2 aromatic rings. The largest absolute Gasteiger partial charge is 0.444 e. The summed E-state index contributed by atoms with van der Waals surface area (Å²) in [6.45, 7) is 8.70. The normalized spacial score (nSPS) is 16.1. The average molecular weight is 500 g/mol. The van der Waals surface area contributed by atoms with E-state index in [1.165, 1.54) is 18.4 Å². The summed E-state index contributed by atoms with van der Waals surface area (Å²) < 4.78 is 7.77. The van der Waals surface area contributed by atoms with E-state index in [2.05, 4.69) is 48.5 Å². The van der Waals surface area contributed by atoms with Gasteiger partial charge in [-0.3, -0.25) is 9.89 Å². The number of aromatic nitrogens is 2. The fourth-order valence-electron chi connectivity index (χ4n) is 3.46. The van der Waals surface area contributed by atoms with Gasteiger partial charge in [-0.2, -0.15) is 0 Å². The molecule has 0 amide bonds. The number of aliphatic imine (C=N–C) groups is 1. The maximum atomic E-state index is 5.71. The number of hydrogen-bond donors (Lipinski definition) is 2. The third-order valence-electron chi connectivity index (χ3n) is 5.27. The van der Waals surface area contributed by atoms with Gasteiger partial charge in [-0.25, -0.2) is 4.98 Å². The van der Waals surface area contributed by atoms with Crippen molar-refractivity contribution in [2.45, 2.75) is 39.8 Å². The number of hydrogen-bond acceptors (Lipinski definition) is 4. The lowest BCUT2D eigenvalue weighted by atomic mass is 9.97. The zero-order valence-electron chi connectivity index (χ0n) is 17.4. The lowest BCUT2D eigenvalue weighted by molar-refractivity contribution is 0.164. The molecule has 0 saturated carbocycles. The van der Waals surface area contributed by atoms with Crippen molar-refractivity contribution in [3.63, 3.8) is 0 Å². The first kappa shape index (κ1) is 22.7. The lowest BCUT2D eigenvalue weighted by Gasteiger charge is -2.31. The van der Waals surface area contributed by atoms with E-state index in [4.69, 9.17) is 4.42 Å². The molecular weight excluding hydrogens is 467 g/mol. The van der Waals surface area contributed by atoms with Gasteiger partial charge in [0.25, 0.3) is 0 Å². The quantitative estimate of drug-likeness (QED) is 0.363. The minimum atomic E-state index is 0. The van der Waals surface area contributed by atoms with Gasteiger partial charge in [-0.05, 0) is 57.3 Å². The van der Waals surface area contributed by atoms with Crippen molar-refractivity contribution in [3.05, 3.63) is 41.4 Å². The van der Waals surface area contributed by atoms with Crippen LogP contribution in [0.1, 0.15) is 35.7 Å². The standard InChI is InChI=1S/C20H32N6O.HI/c1-15-16(2)27-19(24-15)14-26-9-6-17(7-10-26)11-22-20(21-3)23-12-18-5-8-25(4)13-18;/h5,8,13,17H,6-7,9-12,14H2,1-4H3,(H2,21,22,23);1H. The van der Waals surface area contributed by atoms with E-state index in [-0.39, 0.29) is 24.0 Å². The first-order valence-corrected chi connectivity index (χ1v) is 9.74. The van der Waals surface area contributed by atoms with Crippen molar-refractivity contribution < 1.29 is 4.42 Å². The molecule has 1 fully saturated rings. The molecule has 8 heteroatoms. The SMILES string of the molecule is CN=C(NCc1ccn(C)c1)NCC1CCN(Cc2nc(C)c(C)o2)CC1.I. The predicted octanol–water partition coefficient (Wildman–Crippen LogP) is 2.83. The van der Waals surface area contributed by atoms with Gasteiger partial charge in [-0.1, -0.05) is 0 Å². The first-order chi connectivity index (χ1) is 13.0. The van der Waals surface area contributed by atoms with E-state index in [0.29, 0.717) is 5.92 Å². The second kappa shape index (κ2) is 10.8. The Morgan fingerprint density at radius 3 is 2.61 bits per heavy atom. The molecule has 156 valence electrons. The summed E-state index contributed by atoms with van der Waals surface area (Å²) >= 11 is 0. The summed E-state index contributed by atoms with van der Waals surface area (Å²) in [5.41, 5.74) is 2.25. The van der Waals surface area contributed by atoms with Gasteiger partial charge in [0, 0.05) is 39.6 Å². The van der Waals surface area contributed by atoms with Crippen LogP contribution in [0, 0.1) is 19.8 Å². The van der Waals surface area contributed by atoms with Gasteiger partial charge >= 0.3 is 0 Å². The molecule has 3 rings (SSSR count). The van der Waals surface area contributed by atoms with Gasteiger partial charge in [0.2, 0.25) is 5.89 Å². The number of piperidine rings is 1. The number of nitrogens with one attached hydrogen (secondary N) is 2. The van der Waals surface area contributed by atoms with Crippen LogP contribution in [0.5, 0.6) is 0 Å². The molecule has 7 nitrogen and oxygen atoms in total. The Balaban J connectivity index is 0.00000280. The minimum Gasteiger partial charge on any atom is -0.444 e. The summed E-state index contributed by atoms with van der Waals surface area (Å²) in [6.07, 6.45) is 6.54. The molecule has 1 saturated heterocycles. The maximum Gasteiger partial charge on any atom is 0.208 e. The number of likely N-dealkylation sites (tertiary alicyclic amines) is 1. The van der Waals surface area contributed by atoms with Crippen LogP contribution in [-0.2, 0) is 20.1 Å². The van der Waals surface area contributed by atoms with E-state index in [0.717, 1.165) is 56.0 Å². The number of aryl methyl sites for hydroxylation is 3. The fourth-order valence-corrected chi connectivity index (χ4v) is 3.46. The van der Waals surface area contributed by atoms with Gasteiger partial charge in [-0.15, -0.1) is 24.0 Å². The van der Waals surface area contributed by atoms with Gasteiger partial charge < -0.3 is 19.6 Å². The summed E-state index contributed by atoms with van der Waals surface area (Å²) in [5.74, 6) is 3.31. The van der Waals surface area contributed by atoms with Crippen molar-refractivity contribution in [3.8, 4) is 0 Å². The molecule has 0 bridgehead atoms. The first-order valence-electron chi connectivity index (χ1n) is 9.74. The highest BCUT2D eigenvalue weighted by molar-refractivity contribution is 14.0. The molecule has 0 radical (unpaired) electrons. The van der Waals surface area contributed by atoms with Crippen molar-refractivity contribution >= 4 is 29.9 Å². The highest BCUT2D eigenvalue weighted by Gasteiger charge is 2.21. The van der Waals surface area contributed by atoms with E-state index in [1.807, 2.05) is 27.9 Å². The number of nitrogens with zero attached hydrogens (tertiary/aromatic N) is 4. The topological polar surface area (TPSA) is 70.6 Å². The molecule has 2 N–H and O–H groups in total. The predicted molar refractivity (Wildman–Crippen MR) is 123 cm³/mol. The average Bonchev–Trinajstić information content (AvgIpc) is 3.21. The highest BCUT2D eigenvalue weighted by atomic mass is 127. The van der Waals surface area contributed by atoms with E-state index >= 15 is 0 Å². The van der Waals surface area contributed by atoms with Crippen LogP contribution in [0.2, 0.25) is 0 Å². The fraction of sp³-hybridized carbons (Fsp3) is 0.600. The molecule has 0 spiro atoms. The van der Waals surface area contributed by atoms with Gasteiger partial charge in [0.1, 0.15) is 5.76 Å². The zero-order valence-corrected chi connectivity index (χ0v) is 19.7. The Bertz CT molecular complexity index is 741. The van der Waals surface area contributed by atoms with Crippen molar-refractivity contribution in [2.24, 2.45) is 18.0 Å². The summed E-state index contributed by atoms with van der Waals surface area (Å²) in [4.78, 5) is 11.3. The number of rotatable bonds is 6. The summed E-state index contributed by atoms with van der Waals surface area (Å²) in [6, 6.07) is 2.12. The maximum absolute atomic E-state index is 5.71. The third-order valence-corrected chi connectivity index (χ3v) is 5.27. The Morgan fingerprint density at radius 1 is 1.29 bits per heavy atom. The number of halogens is 1. The smallest absolute Gasteiger partial charge is 0.208 e. The monoisotopic (exact) mass is 500 g/mol. The highest BCUT2D eigenvalue weighted by Crippen LogP contribution is 2.19. The molecule has 0 aromatic carbocycles. The molecule has 2 aromatic heterocycles. The Kier molecular flexibility index (Phi) is 8.81. The molecule has 28 heavy (non-hydrogen) atoms. The van der Waals surface area contributed by atoms with Gasteiger partial charge in [0.15, 0.2) is 5.96 Å². The molecule has 0 unspecified atom stereocenters. The van der Waals surface area contributed by atoms with Crippen LogP contribution in [0.25, 0.3) is 0 Å². The van der Waals surface area contributed by atoms with Gasteiger partial charge in [0.05, 0.1) is 12.2 Å². The van der Waals surface area contributed by atoms with Crippen LogP contribution in [0.4, 0.5) is 0 Å². The number of oxazole rings is 1. The molecule has 0 aliphatic carbocycles. The second-order valence-corrected chi connectivity index (χ2v) is 7.46. The van der Waals surface area contributed by atoms with Crippen LogP contribution < -0.4 is 10.6 Å². The number of guanidine groups is 1. The molecule has 1 aliphatic rings. The lowest BCUT2D eigenvalue weighted by Crippen LogP contribution is -2.42. The van der Waals surface area contributed by atoms with Crippen molar-refractivity contribution in [2.75, 3.05) is 26.7 Å². The Hall–Kier alpha value is -1.55. The minimum absolute atomic E-state index is 0. The summed E-state index contributed by atoms with van der Waals surface area (Å²) in [5, 5.41) is 6.86. The second-order valence-electron chi connectivity index (χ2n) is 7.46. The summed E-state index contributed by atoms with van der Waals surface area (Å²) in [7, 11) is 3.86. The van der Waals surface area contributed by atoms with E-state index in [1.54, 1.807) is 0 Å². The van der Waals surface area contributed by atoms with E-state index in [9.17, 15) is 0 Å². The molecule has 3 heterocycles. The van der Waals surface area contributed by atoms with E-state index < -0.39 is 0 Å². The molecular formula is C20H33IN6O. The van der Waals surface area contributed by atoms with Crippen molar-refractivity contribution in [1.29, 1.82) is 0 Å². The van der Waals surface area contributed by atoms with Crippen LogP contribution in [-0.4, -0.2) is 47.1 Å². The molecule has 1 aliphatic heterocycles.